The van der Waals surface area contributed by atoms with Crippen molar-refractivity contribution in [2.24, 2.45) is 0 Å². The second-order valence-corrected chi connectivity index (χ2v) is 2.97. The number of hydrogen-bond donors (Lipinski definition) is 1. The maximum atomic E-state index is 11.3. The number of amidine groups is 1. The third-order valence-corrected chi connectivity index (χ3v) is 1.92. The fourth-order valence-electron chi connectivity index (χ4n) is 1.08. The van der Waals surface area contributed by atoms with Gasteiger partial charge in [0.15, 0.2) is 0 Å². The zero-order valence-corrected chi connectivity index (χ0v) is 7.06. The van der Waals surface area contributed by atoms with Crippen LogP contribution in [0.1, 0.15) is 20.3 Å². The Morgan fingerprint density at radius 1 is 1.55 bits per heavy atom. The molecule has 0 aromatic heterocycles. The number of carbonyl (C=O) groups excluding carboxylic acids is 1. The van der Waals surface area contributed by atoms with E-state index in [1.54, 1.807) is 7.05 Å². The second-order valence-electron chi connectivity index (χ2n) is 2.97. The number of amides is 1. The molecule has 60 valence electrons. The minimum atomic E-state index is -0.0185. The Kier molecular flexibility index (Phi) is 1.81. The van der Waals surface area contributed by atoms with Crippen LogP contribution in [-0.2, 0) is 4.79 Å². The molecule has 0 bridgehead atoms. The molecule has 1 aliphatic heterocycles. The fourth-order valence-corrected chi connectivity index (χ4v) is 1.08. The summed E-state index contributed by atoms with van der Waals surface area (Å²) in [4.78, 5) is 12.7. The topological polar surface area (TPSA) is 44.2 Å². The van der Waals surface area contributed by atoms with Gasteiger partial charge < -0.3 is 0 Å². The molecule has 1 heterocycles. The first-order valence-corrected chi connectivity index (χ1v) is 3.56. The van der Waals surface area contributed by atoms with Crippen molar-refractivity contribution in [3.63, 3.8) is 0 Å². The van der Waals surface area contributed by atoms with Crippen molar-refractivity contribution in [2.75, 3.05) is 7.05 Å². The zero-order valence-electron chi connectivity index (χ0n) is 7.06. The summed E-state index contributed by atoms with van der Waals surface area (Å²) in [6.07, 6.45) is 0.498. The van der Waals surface area contributed by atoms with E-state index in [9.17, 15) is 4.79 Å². The largest absolute Gasteiger partial charge is 0.300 e. The predicted molar refractivity (Wildman–Crippen MR) is 43.5 cm³/mol. The Balaban J connectivity index is 3.02. The van der Waals surface area contributed by atoms with Crippen LogP contribution in [0.4, 0.5) is 0 Å². The Bertz CT molecular complexity index is 249. The molecule has 0 spiro atoms. The van der Waals surface area contributed by atoms with Crippen molar-refractivity contribution in [3.8, 4) is 0 Å². The number of hydrogen-bond acceptors (Lipinski definition) is 2. The summed E-state index contributed by atoms with van der Waals surface area (Å²) in [5.74, 6) is 0.376. The second kappa shape index (κ2) is 2.49. The quantitative estimate of drug-likeness (QED) is 0.520. The molecular formula is C8H12N2O. The molecule has 0 aromatic carbocycles. The standard InChI is InChI=1S/C8H12N2O/c1-5(2)6-4-7(9)10(3)8(6)11/h9H,4H2,1-3H3. The average molecular weight is 152 g/mol. The summed E-state index contributed by atoms with van der Waals surface area (Å²) in [6.45, 7) is 3.80. The Hall–Kier alpha value is -1.12. The first kappa shape index (κ1) is 7.98. The van der Waals surface area contributed by atoms with E-state index in [1.165, 1.54) is 4.90 Å². The van der Waals surface area contributed by atoms with Crippen LogP contribution >= 0.6 is 0 Å². The van der Waals surface area contributed by atoms with E-state index in [0.29, 0.717) is 12.3 Å². The zero-order chi connectivity index (χ0) is 8.59. The van der Waals surface area contributed by atoms with Crippen molar-refractivity contribution in [2.45, 2.75) is 20.3 Å². The van der Waals surface area contributed by atoms with E-state index in [-0.39, 0.29) is 5.91 Å². The van der Waals surface area contributed by atoms with Crippen LogP contribution in [0.15, 0.2) is 11.1 Å². The smallest absolute Gasteiger partial charge is 0.255 e. The van der Waals surface area contributed by atoms with E-state index >= 15 is 0 Å². The molecule has 1 rings (SSSR count). The normalized spacial score (nSPS) is 18.1. The van der Waals surface area contributed by atoms with E-state index in [2.05, 4.69) is 0 Å². The van der Waals surface area contributed by atoms with Crippen LogP contribution < -0.4 is 0 Å². The molecule has 0 aliphatic carbocycles. The lowest BCUT2D eigenvalue weighted by Crippen LogP contribution is -2.23. The van der Waals surface area contributed by atoms with Crippen molar-refractivity contribution in [1.82, 2.24) is 4.90 Å². The number of rotatable bonds is 0. The van der Waals surface area contributed by atoms with Gasteiger partial charge in [-0.1, -0.05) is 5.57 Å². The summed E-state index contributed by atoms with van der Waals surface area (Å²) in [6, 6.07) is 0. The Labute approximate surface area is 66.2 Å². The highest BCUT2D eigenvalue weighted by Crippen LogP contribution is 2.19. The number of likely N-dealkylation sites (N-methyl/N-ethyl adjacent to an activating group) is 1. The number of carbonyl (C=O) groups is 1. The van der Waals surface area contributed by atoms with E-state index in [0.717, 1.165) is 11.1 Å². The highest BCUT2D eigenvalue weighted by Gasteiger charge is 2.27. The lowest BCUT2D eigenvalue weighted by molar-refractivity contribution is -0.121. The maximum Gasteiger partial charge on any atom is 0.255 e. The Morgan fingerprint density at radius 3 is 2.27 bits per heavy atom. The van der Waals surface area contributed by atoms with Gasteiger partial charge in [-0.25, -0.2) is 0 Å². The number of nitrogens with one attached hydrogen (secondary N) is 1. The van der Waals surface area contributed by atoms with Gasteiger partial charge in [0.05, 0.1) is 0 Å². The van der Waals surface area contributed by atoms with Gasteiger partial charge in [-0.3, -0.25) is 15.1 Å². The summed E-state index contributed by atoms with van der Waals surface area (Å²) in [7, 11) is 1.64. The molecule has 0 atom stereocenters. The van der Waals surface area contributed by atoms with E-state index in [4.69, 9.17) is 5.41 Å². The third-order valence-electron chi connectivity index (χ3n) is 1.92. The molecule has 1 fully saturated rings. The highest BCUT2D eigenvalue weighted by molar-refractivity contribution is 6.14. The van der Waals surface area contributed by atoms with Gasteiger partial charge in [-0.05, 0) is 13.8 Å². The van der Waals surface area contributed by atoms with Crippen molar-refractivity contribution in [1.29, 1.82) is 5.41 Å². The van der Waals surface area contributed by atoms with E-state index < -0.39 is 0 Å². The monoisotopic (exact) mass is 152 g/mol. The summed E-state index contributed by atoms with van der Waals surface area (Å²) in [5, 5.41) is 7.38. The van der Waals surface area contributed by atoms with Crippen LogP contribution in [0.5, 0.6) is 0 Å². The molecular weight excluding hydrogens is 140 g/mol. The first-order chi connectivity index (χ1) is 5.04. The van der Waals surface area contributed by atoms with Gasteiger partial charge in [0.1, 0.15) is 5.84 Å². The molecule has 0 unspecified atom stereocenters. The van der Waals surface area contributed by atoms with Crippen LogP contribution in [0.25, 0.3) is 0 Å². The molecule has 3 nitrogen and oxygen atoms in total. The first-order valence-electron chi connectivity index (χ1n) is 3.56. The number of nitrogens with zero attached hydrogens (tertiary/aromatic N) is 1. The Morgan fingerprint density at radius 2 is 2.09 bits per heavy atom. The SMILES string of the molecule is CC(C)=C1CC(=N)N(C)C1=O. The molecule has 1 aliphatic rings. The van der Waals surface area contributed by atoms with Crippen molar-refractivity contribution in [3.05, 3.63) is 11.1 Å². The number of allylic oxidation sites excluding steroid dienone is 1. The minimum Gasteiger partial charge on any atom is -0.300 e. The van der Waals surface area contributed by atoms with Gasteiger partial charge >= 0.3 is 0 Å². The molecule has 11 heavy (non-hydrogen) atoms. The van der Waals surface area contributed by atoms with Crippen LogP contribution in [-0.4, -0.2) is 23.7 Å². The third kappa shape index (κ3) is 1.18. The van der Waals surface area contributed by atoms with Crippen molar-refractivity contribution >= 4 is 11.7 Å². The van der Waals surface area contributed by atoms with Gasteiger partial charge in [0.25, 0.3) is 5.91 Å². The minimum absolute atomic E-state index is 0.0185. The number of likely N-dealkylation sites (tertiary alicyclic amines) is 1. The molecule has 1 amide bonds. The highest BCUT2D eigenvalue weighted by atomic mass is 16.2. The summed E-state index contributed by atoms with van der Waals surface area (Å²) < 4.78 is 0. The molecule has 0 saturated carbocycles. The lowest BCUT2D eigenvalue weighted by atomic mass is 10.1. The van der Waals surface area contributed by atoms with Gasteiger partial charge in [-0.2, -0.15) is 0 Å². The summed E-state index contributed by atoms with van der Waals surface area (Å²) in [5.41, 5.74) is 1.79. The summed E-state index contributed by atoms with van der Waals surface area (Å²) >= 11 is 0. The predicted octanol–water partition coefficient (Wildman–Crippen LogP) is 1.16. The molecule has 1 saturated heterocycles. The van der Waals surface area contributed by atoms with Crippen molar-refractivity contribution < 1.29 is 4.79 Å². The fraction of sp³-hybridized carbons (Fsp3) is 0.500. The van der Waals surface area contributed by atoms with E-state index in [1.807, 2.05) is 13.8 Å². The average Bonchev–Trinajstić information content (AvgIpc) is 2.17. The van der Waals surface area contributed by atoms with Crippen LogP contribution in [0.3, 0.4) is 0 Å². The molecule has 3 heteroatoms. The maximum absolute atomic E-state index is 11.3. The molecule has 1 N–H and O–H groups in total. The van der Waals surface area contributed by atoms with Gasteiger partial charge in [-0.15, -0.1) is 0 Å². The van der Waals surface area contributed by atoms with Crippen LogP contribution in [0, 0.1) is 5.41 Å². The molecule has 0 radical (unpaired) electrons. The lowest BCUT2D eigenvalue weighted by Gasteiger charge is -2.05. The van der Waals surface area contributed by atoms with Gasteiger partial charge in [0, 0.05) is 19.0 Å². The van der Waals surface area contributed by atoms with Crippen LogP contribution in [0.2, 0.25) is 0 Å². The molecule has 0 aromatic rings. The van der Waals surface area contributed by atoms with Gasteiger partial charge in [0.2, 0.25) is 0 Å².